The van der Waals surface area contributed by atoms with Gasteiger partial charge in [-0.1, -0.05) is 6.92 Å². The molecule has 0 saturated heterocycles. The molecule has 0 atom stereocenters. The first-order valence-electron chi connectivity index (χ1n) is 6.47. The molecule has 2 aromatic heterocycles. The number of nitrogens with one attached hydrogen (secondary N) is 1. The summed E-state index contributed by atoms with van der Waals surface area (Å²) in [7, 11) is 0. The minimum atomic E-state index is -0.00506. The zero-order valence-electron chi connectivity index (χ0n) is 11.6. The zero-order valence-corrected chi connectivity index (χ0v) is 11.6. The normalized spacial score (nSPS) is 10.7. The second-order valence-corrected chi connectivity index (χ2v) is 4.40. The fourth-order valence-corrected chi connectivity index (χ4v) is 1.90. The third kappa shape index (κ3) is 3.01. The van der Waals surface area contributed by atoms with Gasteiger partial charge in [-0.3, -0.25) is 14.2 Å². The summed E-state index contributed by atoms with van der Waals surface area (Å²) in [6.07, 6.45) is 5.82. The van der Waals surface area contributed by atoms with Gasteiger partial charge < -0.3 is 5.32 Å². The van der Waals surface area contributed by atoms with Crippen LogP contribution in [0.2, 0.25) is 0 Å². The number of carbonyl (C=O) groups excluding carboxylic acids is 1. The molecule has 2 aromatic rings. The van der Waals surface area contributed by atoms with Crippen molar-refractivity contribution >= 4 is 11.6 Å². The molecular formula is C13H19N5O. The topological polar surface area (TPSA) is 64.7 Å². The van der Waals surface area contributed by atoms with Crippen molar-refractivity contribution in [1.29, 1.82) is 0 Å². The Morgan fingerprint density at radius 3 is 2.74 bits per heavy atom. The Morgan fingerprint density at radius 1 is 1.32 bits per heavy atom. The van der Waals surface area contributed by atoms with Crippen LogP contribution in [-0.4, -0.2) is 25.5 Å². The maximum Gasteiger partial charge on any atom is 0.224 e. The van der Waals surface area contributed by atoms with Gasteiger partial charge in [0.1, 0.15) is 0 Å². The maximum absolute atomic E-state index is 11.3. The predicted molar refractivity (Wildman–Crippen MR) is 72.9 cm³/mol. The second-order valence-electron chi connectivity index (χ2n) is 4.40. The Labute approximate surface area is 112 Å². The van der Waals surface area contributed by atoms with Crippen LogP contribution in [0.3, 0.4) is 0 Å². The van der Waals surface area contributed by atoms with Gasteiger partial charge in [-0.05, 0) is 13.8 Å². The van der Waals surface area contributed by atoms with Crippen LogP contribution in [0, 0.1) is 6.92 Å². The van der Waals surface area contributed by atoms with Crippen molar-refractivity contribution in [3.8, 4) is 0 Å². The summed E-state index contributed by atoms with van der Waals surface area (Å²) in [6, 6.07) is 0. The lowest BCUT2D eigenvalue weighted by Gasteiger charge is -2.03. The van der Waals surface area contributed by atoms with Crippen molar-refractivity contribution in [3.05, 3.63) is 29.8 Å². The van der Waals surface area contributed by atoms with Gasteiger partial charge in [-0.15, -0.1) is 0 Å². The highest BCUT2D eigenvalue weighted by molar-refractivity contribution is 5.90. The zero-order chi connectivity index (χ0) is 13.8. The number of hydrogen-bond acceptors (Lipinski definition) is 3. The number of nitrogens with zero attached hydrogens (tertiary/aromatic N) is 4. The number of aromatic nitrogens is 4. The summed E-state index contributed by atoms with van der Waals surface area (Å²) in [6.45, 7) is 7.46. The molecule has 0 aliphatic heterocycles. The fourth-order valence-electron chi connectivity index (χ4n) is 1.90. The first-order valence-corrected chi connectivity index (χ1v) is 6.47. The van der Waals surface area contributed by atoms with Crippen molar-refractivity contribution in [2.45, 2.75) is 40.3 Å². The second kappa shape index (κ2) is 5.69. The van der Waals surface area contributed by atoms with Gasteiger partial charge in [0.15, 0.2) is 0 Å². The summed E-state index contributed by atoms with van der Waals surface area (Å²) < 4.78 is 3.76. The van der Waals surface area contributed by atoms with E-state index in [1.54, 1.807) is 10.9 Å². The molecule has 19 heavy (non-hydrogen) atoms. The molecule has 0 saturated carbocycles. The molecule has 0 unspecified atom stereocenters. The third-order valence-corrected chi connectivity index (χ3v) is 3.07. The van der Waals surface area contributed by atoms with Gasteiger partial charge >= 0.3 is 0 Å². The number of hydrogen-bond donors (Lipinski definition) is 1. The predicted octanol–water partition coefficient (Wildman–Crippen LogP) is 1.80. The number of aryl methyl sites for hydroxylation is 1. The summed E-state index contributed by atoms with van der Waals surface area (Å²) in [5.41, 5.74) is 3.02. The molecule has 0 bridgehead atoms. The van der Waals surface area contributed by atoms with E-state index in [4.69, 9.17) is 0 Å². The highest BCUT2D eigenvalue weighted by atomic mass is 16.1. The SMILES string of the molecule is CCC(=O)Nc1cnn(Cc2cnn(CC)c2C)c1. The minimum absolute atomic E-state index is 0.00506. The number of carbonyl (C=O) groups is 1. The molecule has 0 aromatic carbocycles. The van der Waals surface area contributed by atoms with Crippen LogP contribution in [0.15, 0.2) is 18.6 Å². The number of amides is 1. The Morgan fingerprint density at radius 2 is 2.11 bits per heavy atom. The standard InChI is InChI=1S/C13H19N5O/c1-4-13(19)16-12-7-14-17(9-12)8-11-6-15-18(5-2)10(11)3/h6-7,9H,4-5,8H2,1-3H3,(H,16,19). The Hall–Kier alpha value is -2.11. The molecule has 0 fully saturated rings. The Balaban J connectivity index is 2.07. The van der Waals surface area contributed by atoms with Crippen molar-refractivity contribution in [2.24, 2.45) is 0 Å². The third-order valence-electron chi connectivity index (χ3n) is 3.07. The summed E-state index contributed by atoms with van der Waals surface area (Å²) in [4.78, 5) is 11.3. The van der Waals surface area contributed by atoms with E-state index in [0.717, 1.165) is 23.5 Å². The molecule has 6 nitrogen and oxygen atoms in total. The molecule has 0 spiro atoms. The Kier molecular flexibility index (Phi) is 3.99. The van der Waals surface area contributed by atoms with Crippen molar-refractivity contribution in [3.63, 3.8) is 0 Å². The molecule has 102 valence electrons. The van der Waals surface area contributed by atoms with E-state index >= 15 is 0 Å². The molecule has 0 aliphatic rings. The van der Waals surface area contributed by atoms with Crippen molar-refractivity contribution in [1.82, 2.24) is 19.6 Å². The molecule has 2 rings (SSSR count). The van der Waals surface area contributed by atoms with Crippen LogP contribution >= 0.6 is 0 Å². The van der Waals surface area contributed by atoms with Gasteiger partial charge in [0, 0.05) is 30.4 Å². The average molecular weight is 261 g/mol. The van der Waals surface area contributed by atoms with Crippen LogP contribution in [0.1, 0.15) is 31.5 Å². The lowest BCUT2D eigenvalue weighted by molar-refractivity contribution is -0.115. The lowest BCUT2D eigenvalue weighted by atomic mass is 10.2. The monoisotopic (exact) mass is 261 g/mol. The Bertz CT molecular complexity index is 569. The van der Waals surface area contributed by atoms with E-state index in [1.165, 1.54) is 0 Å². The lowest BCUT2D eigenvalue weighted by Crippen LogP contribution is -2.08. The number of anilines is 1. The van der Waals surface area contributed by atoms with Crippen LogP contribution < -0.4 is 5.32 Å². The molecule has 0 aliphatic carbocycles. The minimum Gasteiger partial charge on any atom is -0.323 e. The van der Waals surface area contributed by atoms with E-state index < -0.39 is 0 Å². The van der Waals surface area contributed by atoms with E-state index in [-0.39, 0.29) is 5.91 Å². The molecule has 1 amide bonds. The average Bonchev–Trinajstić information content (AvgIpc) is 2.98. The van der Waals surface area contributed by atoms with Crippen LogP contribution in [0.25, 0.3) is 0 Å². The van der Waals surface area contributed by atoms with Crippen LogP contribution in [0.5, 0.6) is 0 Å². The van der Waals surface area contributed by atoms with Gasteiger partial charge in [-0.25, -0.2) is 0 Å². The van der Waals surface area contributed by atoms with Gasteiger partial charge in [0.2, 0.25) is 5.91 Å². The summed E-state index contributed by atoms with van der Waals surface area (Å²) in [5.74, 6) is -0.00506. The van der Waals surface area contributed by atoms with Crippen LogP contribution in [-0.2, 0) is 17.9 Å². The van der Waals surface area contributed by atoms with Crippen LogP contribution in [0.4, 0.5) is 5.69 Å². The molecule has 2 heterocycles. The van der Waals surface area contributed by atoms with E-state index in [1.807, 2.05) is 24.0 Å². The molecule has 6 heteroatoms. The van der Waals surface area contributed by atoms with E-state index in [9.17, 15) is 4.79 Å². The smallest absolute Gasteiger partial charge is 0.224 e. The first-order chi connectivity index (χ1) is 9.13. The van der Waals surface area contributed by atoms with E-state index in [2.05, 4.69) is 29.4 Å². The van der Waals surface area contributed by atoms with Gasteiger partial charge in [-0.2, -0.15) is 10.2 Å². The summed E-state index contributed by atoms with van der Waals surface area (Å²) >= 11 is 0. The number of rotatable bonds is 5. The van der Waals surface area contributed by atoms with E-state index in [0.29, 0.717) is 13.0 Å². The molecular weight excluding hydrogens is 242 g/mol. The van der Waals surface area contributed by atoms with Crippen molar-refractivity contribution in [2.75, 3.05) is 5.32 Å². The highest BCUT2D eigenvalue weighted by Crippen LogP contribution is 2.11. The largest absolute Gasteiger partial charge is 0.323 e. The fraction of sp³-hybridized carbons (Fsp3) is 0.462. The van der Waals surface area contributed by atoms with Crippen molar-refractivity contribution < 1.29 is 4.79 Å². The highest BCUT2D eigenvalue weighted by Gasteiger charge is 2.07. The van der Waals surface area contributed by atoms with Gasteiger partial charge in [0.25, 0.3) is 0 Å². The van der Waals surface area contributed by atoms with Gasteiger partial charge in [0.05, 0.1) is 24.6 Å². The summed E-state index contributed by atoms with van der Waals surface area (Å²) in [5, 5.41) is 11.3. The molecule has 0 radical (unpaired) electrons. The maximum atomic E-state index is 11.3. The molecule has 1 N–H and O–H groups in total. The quantitative estimate of drug-likeness (QED) is 0.892. The first kappa shape index (κ1) is 13.3.